The van der Waals surface area contributed by atoms with Gasteiger partial charge in [0, 0.05) is 28.4 Å². The maximum absolute atomic E-state index is 6.43. The number of aryl methyl sites for hydroxylation is 1. The van der Waals surface area contributed by atoms with E-state index in [1.807, 2.05) is 25.3 Å². The SMILES string of the molecule is Cc1ccc(-c2nc(C(C)(C)C)n(C(C)(C)C)c2N)cn1. The summed E-state index contributed by atoms with van der Waals surface area (Å²) >= 11 is 0. The van der Waals surface area contributed by atoms with Crippen molar-refractivity contribution in [3.63, 3.8) is 0 Å². The van der Waals surface area contributed by atoms with Crippen molar-refractivity contribution in [3.8, 4) is 11.3 Å². The highest BCUT2D eigenvalue weighted by atomic mass is 15.2. The van der Waals surface area contributed by atoms with Crippen molar-refractivity contribution < 1.29 is 0 Å². The van der Waals surface area contributed by atoms with Gasteiger partial charge in [0.2, 0.25) is 0 Å². The van der Waals surface area contributed by atoms with Crippen molar-refractivity contribution in [1.29, 1.82) is 0 Å². The Morgan fingerprint density at radius 2 is 1.67 bits per heavy atom. The molecule has 0 amide bonds. The van der Waals surface area contributed by atoms with E-state index in [2.05, 4.69) is 51.1 Å². The van der Waals surface area contributed by atoms with Gasteiger partial charge in [-0.3, -0.25) is 4.98 Å². The molecule has 0 radical (unpaired) electrons. The van der Waals surface area contributed by atoms with Crippen LogP contribution in [-0.2, 0) is 11.0 Å². The second kappa shape index (κ2) is 4.86. The molecule has 0 spiro atoms. The Hall–Kier alpha value is -1.84. The average molecular weight is 286 g/mol. The van der Waals surface area contributed by atoms with Crippen LogP contribution in [0.5, 0.6) is 0 Å². The molecule has 0 aliphatic rings. The minimum atomic E-state index is -0.115. The Kier molecular flexibility index (Phi) is 3.60. The van der Waals surface area contributed by atoms with Crippen LogP contribution < -0.4 is 5.73 Å². The molecule has 2 N–H and O–H groups in total. The number of nitrogen functional groups attached to an aromatic ring is 1. The predicted molar refractivity (Wildman–Crippen MR) is 88.3 cm³/mol. The molecular formula is C17H26N4. The van der Waals surface area contributed by atoms with Gasteiger partial charge in [-0.05, 0) is 39.8 Å². The Labute approximate surface area is 127 Å². The molecule has 0 aliphatic carbocycles. The molecule has 0 unspecified atom stereocenters. The van der Waals surface area contributed by atoms with Crippen molar-refractivity contribution in [2.75, 3.05) is 5.73 Å². The van der Waals surface area contributed by atoms with Gasteiger partial charge in [0.1, 0.15) is 17.3 Å². The summed E-state index contributed by atoms with van der Waals surface area (Å²) in [6.45, 7) is 14.9. The smallest absolute Gasteiger partial charge is 0.132 e. The van der Waals surface area contributed by atoms with Gasteiger partial charge >= 0.3 is 0 Å². The van der Waals surface area contributed by atoms with Crippen molar-refractivity contribution in [2.24, 2.45) is 0 Å². The van der Waals surface area contributed by atoms with E-state index in [0.717, 1.165) is 22.8 Å². The Morgan fingerprint density at radius 3 is 2.05 bits per heavy atom. The fraction of sp³-hybridized carbons (Fsp3) is 0.529. The van der Waals surface area contributed by atoms with Crippen LogP contribution in [0.1, 0.15) is 53.1 Å². The van der Waals surface area contributed by atoms with Crippen LogP contribution in [0.4, 0.5) is 5.82 Å². The van der Waals surface area contributed by atoms with E-state index in [1.165, 1.54) is 0 Å². The summed E-state index contributed by atoms with van der Waals surface area (Å²) in [6.07, 6.45) is 1.84. The van der Waals surface area contributed by atoms with E-state index in [4.69, 9.17) is 10.7 Å². The number of hydrogen-bond acceptors (Lipinski definition) is 3. The lowest BCUT2D eigenvalue weighted by atomic mass is 9.94. The van der Waals surface area contributed by atoms with Crippen molar-refractivity contribution in [2.45, 2.75) is 59.4 Å². The van der Waals surface area contributed by atoms with E-state index in [1.54, 1.807) is 0 Å². The number of aromatic nitrogens is 3. The normalized spacial score (nSPS) is 12.7. The Bertz CT molecular complexity index is 637. The topological polar surface area (TPSA) is 56.7 Å². The van der Waals surface area contributed by atoms with Crippen molar-refractivity contribution in [3.05, 3.63) is 29.8 Å². The van der Waals surface area contributed by atoms with E-state index in [0.29, 0.717) is 5.82 Å². The third kappa shape index (κ3) is 2.94. The zero-order valence-corrected chi connectivity index (χ0v) is 14.2. The standard InChI is InChI=1S/C17H26N4/c1-11-8-9-12(10-19-11)13-14(18)21(17(5,6)7)15(20-13)16(2,3)4/h8-10H,18H2,1-7H3. The molecule has 21 heavy (non-hydrogen) atoms. The van der Waals surface area contributed by atoms with Gasteiger partial charge in [-0.2, -0.15) is 0 Å². The average Bonchev–Trinajstić information content (AvgIpc) is 2.67. The van der Waals surface area contributed by atoms with Gasteiger partial charge in [-0.25, -0.2) is 4.98 Å². The van der Waals surface area contributed by atoms with Gasteiger partial charge in [0.25, 0.3) is 0 Å². The molecule has 0 bridgehead atoms. The summed E-state index contributed by atoms with van der Waals surface area (Å²) in [5, 5.41) is 0. The van der Waals surface area contributed by atoms with Gasteiger partial charge < -0.3 is 10.3 Å². The number of nitrogens with two attached hydrogens (primary N) is 1. The predicted octanol–water partition coefficient (Wildman–Crippen LogP) is 3.89. The number of rotatable bonds is 1. The first-order chi connectivity index (χ1) is 9.51. The number of imidazole rings is 1. The lowest BCUT2D eigenvalue weighted by Crippen LogP contribution is -2.30. The van der Waals surface area contributed by atoms with Gasteiger partial charge in [0.05, 0.1) is 0 Å². The largest absolute Gasteiger partial charge is 0.383 e. The van der Waals surface area contributed by atoms with Gasteiger partial charge in [0.15, 0.2) is 0 Å². The molecule has 0 aliphatic heterocycles. The Balaban J connectivity index is 2.70. The maximum atomic E-state index is 6.43. The lowest BCUT2D eigenvalue weighted by molar-refractivity contribution is 0.359. The first-order valence-corrected chi connectivity index (χ1v) is 7.34. The summed E-state index contributed by atoms with van der Waals surface area (Å²) < 4.78 is 2.14. The van der Waals surface area contributed by atoms with E-state index in [-0.39, 0.29) is 11.0 Å². The number of hydrogen-bond donors (Lipinski definition) is 1. The van der Waals surface area contributed by atoms with Crippen LogP contribution in [-0.4, -0.2) is 14.5 Å². The monoisotopic (exact) mass is 286 g/mol. The minimum absolute atomic E-state index is 0.0717. The van der Waals surface area contributed by atoms with Gasteiger partial charge in [-0.15, -0.1) is 0 Å². The molecule has 4 nitrogen and oxygen atoms in total. The number of anilines is 1. The highest BCUT2D eigenvalue weighted by Crippen LogP contribution is 2.35. The second-order valence-corrected chi connectivity index (χ2v) is 7.61. The molecule has 2 heterocycles. The first-order valence-electron chi connectivity index (χ1n) is 7.34. The molecule has 0 fully saturated rings. The fourth-order valence-electron chi connectivity index (χ4n) is 2.44. The third-order valence-corrected chi connectivity index (χ3v) is 3.44. The molecule has 0 atom stereocenters. The van der Waals surface area contributed by atoms with Crippen LogP contribution in [0, 0.1) is 6.92 Å². The van der Waals surface area contributed by atoms with Crippen LogP contribution in [0.25, 0.3) is 11.3 Å². The van der Waals surface area contributed by atoms with E-state index < -0.39 is 0 Å². The summed E-state index contributed by atoms with van der Waals surface area (Å²) in [7, 11) is 0. The Morgan fingerprint density at radius 1 is 1.05 bits per heavy atom. The van der Waals surface area contributed by atoms with Crippen molar-refractivity contribution >= 4 is 5.82 Å². The maximum Gasteiger partial charge on any atom is 0.132 e. The van der Waals surface area contributed by atoms with Crippen LogP contribution in [0.2, 0.25) is 0 Å². The summed E-state index contributed by atoms with van der Waals surface area (Å²) in [4.78, 5) is 9.20. The molecule has 0 saturated heterocycles. The number of pyridine rings is 1. The first kappa shape index (κ1) is 15.5. The van der Waals surface area contributed by atoms with E-state index in [9.17, 15) is 0 Å². The van der Waals surface area contributed by atoms with Crippen LogP contribution in [0.3, 0.4) is 0 Å². The van der Waals surface area contributed by atoms with Gasteiger partial charge in [-0.1, -0.05) is 20.8 Å². The zero-order valence-electron chi connectivity index (χ0n) is 14.2. The highest BCUT2D eigenvalue weighted by Gasteiger charge is 2.30. The minimum Gasteiger partial charge on any atom is -0.383 e. The second-order valence-electron chi connectivity index (χ2n) is 7.61. The molecule has 4 heteroatoms. The molecule has 114 valence electrons. The molecule has 2 aromatic heterocycles. The van der Waals surface area contributed by atoms with E-state index >= 15 is 0 Å². The lowest BCUT2D eigenvalue weighted by Gasteiger charge is -2.29. The summed E-state index contributed by atoms with van der Waals surface area (Å²) in [5.74, 6) is 1.71. The molecule has 2 aromatic rings. The summed E-state index contributed by atoms with van der Waals surface area (Å²) in [5.41, 5.74) is 9.02. The van der Waals surface area contributed by atoms with Crippen LogP contribution >= 0.6 is 0 Å². The molecule has 2 rings (SSSR count). The van der Waals surface area contributed by atoms with Crippen LogP contribution in [0.15, 0.2) is 18.3 Å². The zero-order chi connectivity index (χ0) is 16.0. The highest BCUT2D eigenvalue weighted by molar-refractivity contribution is 5.71. The molecule has 0 aromatic carbocycles. The summed E-state index contributed by atoms with van der Waals surface area (Å²) in [6, 6.07) is 4.02. The fourth-order valence-corrected chi connectivity index (χ4v) is 2.44. The quantitative estimate of drug-likeness (QED) is 0.865. The molecule has 0 saturated carbocycles. The molecular weight excluding hydrogens is 260 g/mol. The number of nitrogens with zero attached hydrogens (tertiary/aromatic N) is 3. The van der Waals surface area contributed by atoms with Crippen molar-refractivity contribution in [1.82, 2.24) is 14.5 Å². The third-order valence-electron chi connectivity index (χ3n) is 3.44.